The lowest BCUT2D eigenvalue weighted by molar-refractivity contribution is 0.102. The lowest BCUT2D eigenvalue weighted by Crippen LogP contribution is -2.25. The molecule has 1 aliphatic heterocycles. The van der Waals surface area contributed by atoms with E-state index in [-0.39, 0.29) is 5.91 Å². The summed E-state index contributed by atoms with van der Waals surface area (Å²) in [7, 11) is 1.61. The maximum absolute atomic E-state index is 12.3. The van der Waals surface area contributed by atoms with Gasteiger partial charge in [-0.15, -0.1) is 0 Å². The average Bonchev–Trinajstić information content (AvgIpc) is 2.55. The van der Waals surface area contributed by atoms with Crippen LogP contribution in [0, 0.1) is 0 Å². The second kappa shape index (κ2) is 5.97. The lowest BCUT2D eigenvalue weighted by atomic mass is 9.99. The highest BCUT2D eigenvalue weighted by Gasteiger charge is 2.14. The van der Waals surface area contributed by atoms with E-state index in [1.54, 1.807) is 31.4 Å². The van der Waals surface area contributed by atoms with Crippen molar-refractivity contribution in [3.8, 4) is 5.75 Å². The highest BCUT2D eigenvalue weighted by molar-refractivity contribution is 6.04. The second-order valence-corrected chi connectivity index (χ2v) is 5.05. The molecule has 108 valence electrons. The van der Waals surface area contributed by atoms with Crippen molar-refractivity contribution in [2.75, 3.05) is 19.0 Å². The zero-order valence-electron chi connectivity index (χ0n) is 12.0. The van der Waals surface area contributed by atoms with Crippen LogP contribution in [0.1, 0.15) is 21.5 Å². The number of benzene rings is 2. The summed E-state index contributed by atoms with van der Waals surface area (Å²) in [6, 6.07) is 13.2. The van der Waals surface area contributed by atoms with Crippen molar-refractivity contribution in [2.45, 2.75) is 13.0 Å². The van der Waals surface area contributed by atoms with Gasteiger partial charge in [0.2, 0.25) is 0 Å². The molecule has 2 N–H and O–H groups in total. The third-order valence-corrected chi connectivity index (χ3v) is 3.75. The molecule has 1 heterocycles. The minimum atomic E-state index is -0.100. The number of carbonyl (C=O) groups is 1. The SMILES string of the molecule is COc1ccc(C(=O)Nc2cccc3c2CNCC3)cc1. The summed E-state index contributed by atoms with van der Waals surface area (Å²) < 4.78 is 5.10. The molecule has 0 bridgehead atoms. The predicted molar refractivity (Wildman–Crippen MR) is 82.8 cm³/mol. The van der Waals surface area contributed by atoms with E-state index < -0.39 is 0 Å². The monoisotopic (exact) mass is 282 g/mol. The first-order valence-corrected chi connectivity index (χ1v) is 7.05. The molecule has 1 amide bonds. The van der Waals surface area contributed by atoms with Crippen LogP contribution in [0.4, 0.5) is 5.69 Å². The third kappa shape index (κ3) is 2.90. The van der Waals surface area contributed by atoms with Crippen molar-refractivity contribution < 1.29 is 9.53 Å². The van der Waals surface area contributed by atoms with Crippen LogP contribution in [-0.4, -0.2) is 19.6 Å². The van der Waals surface area contributed by atoms with E-state index in [0.717, 1.165) is 30.9 Å². The fourth-order valence-corrected chi connectivity index (χ4v) is 2.57. The van der Waals surface area contributed by atoms with E-state index in [2.05, 4.69) is 16.7 Å². The first kappa shape index (κ1) is 13.6. The molecule has 1 aliphatic rings. The van der Waals surface area contributed by atoms with E-state index >= 15 is 0 Å². The number of anilines is 1. The minimum absolute atomic E-state index is 0.100. The van der Waals surface area contributed by atoms with Crippen LogP contribution in [-0.2, 0) is 13.0 Å². The number of hydrogen-bond acceptors (Lipinski definition) is 3. The van der Waals surface area contributed by atoms with Crippen molar-refractivity contribution in [1.29, 1.82) is 0 Å². The van der Waals surface area contributed by atoms with Crippen LogP contribution in [0.25, 0.3) is 0 Å². The van der Waals surface area contributed by atoms with Gasteiger partial charge in [0.25, 0.3) is 5.91 Å². The van der Waals surface area contributed by atoms with E-state index in [4.69, 9.17) is 4.74 Å². The van der Waals surface area contributed by atoms with Crippen LogP contribution in [0.5, 0.6) is 5.75 Å². The fourth-order valence-electron chi connectivity index (χ4n) is 2.57. The summed E-state index contributed by atoms with van der Waals surface area (Å²) in [4.78, 5) is 12.3. The molecule has 0 fully saturated rings. The molecular weight excluding hydrogens is 264 g/mol. The molecule has 0 aliphatic carbocycles. The molecular formula is C17H18N2O2. The summed E-state index contributed by atoms with van der Waals surface area (Å²) in [6.45, 7) is 1.79. The van der Waals surface area contributed by atoms with Crippen LogP contribution >= 0.6 is 0 Å². The fraction of sp³-hybridized carbons (Fsp3) is 0.235. The Morgan fingerprint density at radius 2 is 2.00 bits per heavy atom. The van der Waals surface area contributed by atoms with Gasteiger partial charge in [-0.2, -0.15) is 0 Å². The molecule has 0 saturated heterocycles. The van der Waals surface area contributed by atoms with Crippen molar-refractivity contribution in [3.05, 3.63) is 59.2 Å². The molecule has 0 spiro atoms. The van der Waals surface area contributed by atoms with Gasteiger partial charge in [-0.1, -0.05) is 12.1 Å². The first-order chi connectivity index (χ1) is 10.3. The second-order valence-electron chi connectivity index (χ2n) is 5.05. The molecule has 4 nitrogen and oxygen atoms in total. The van der Waals surface area contributed by atoms with Gasteiger partial charge in [-0.05, 0) is 54.4 Å². The Morgan fingerprint density at radius 1 is 1.19 bits per heavy atom. The first-order valence-electron chi connectivity index (χ1n) is 7.05. The maximum atomic E-state index is 12.3. The highest BCUT2D eigenvalue weighted by Crippen LogP contribution is 2.23. The van der Waals surface area contributed by atoms with Gasteiger partial charge in [-0.3, -0.25) is 4.79 Å². The van der Waals surface area contributed by atoms with E-state index in [0.29, 0.717) is 5.56 Å². The number of carbonyl (C=O) groups excluding carboxylic acids is 1. The molecule has 4 heteroatoms. The van der Waals surface area contributed by atoms with Gasteiger partial charge in [0, 0.05) is 17.8 Å². The van der Waals surface area contributed by atoms with Gasteiger partial charge >= 0.3 is 0 Å². The molecule has 0 saturated carbocycles. The number of rotatable bonds is 3. The van der Waals surface area contributed by atoms with Gasteiger partial charge in [0.15, 0.2) is 0 Å². The Morgan fingerprint density at radius 3 is 2.76 bits per heavy atom. The smallest absolute Gasteiger partial charge is 0.255 e. The number of ether oxygens (including phenoxy) is 1. The normalized spacial score (nSPS) is 13.4. The quantitative estimate of drug-likeness (QED) is 0.909. The van der Waals surface area contributed by atoms with Crippen LogP contribution < -0.4 is 15.4 Å². The van der Waals surface area contributed by atoms with Crippen molar-refractivity contribution >= 4 is 11.6 Å². The Bertz CT molecular complexity index is 650. The maximum Gasteiger partial charge on any atom is 0.255 e. The number of amides is 1. The van der Waals surface area contributed by atoms with Crippen molar-refractivity contribution in [2.24, 2.45) is 0 Å². The lowest BCUT2D eigenvalue weighted by Gasteiger charge is -2.20. The van der Waals surface area contributed by atoms with E-state index in [1.807, 2.05) is 12.1 Å². The zero-order valence-corrected chi connectivity index (χ0v) is 12.0. The largest absolute Gasteiger partial charge is 0.497 e. The Kier molecular flexibility index (Phi) is 3.88. The zero-order chi connectivity index (χ0) is 14.7. The molecule has 21 heavy (non-hydrogen) atoms. The van der Waals surface area contributed by atoms with E-state index in [9.17, 15) is 4.79 Å². The third-order valence-electron chi connectivity index (χ3n) is 3.75. The molecule has 0 unspecified atom stereocenters. The van der Waals surface area contributed by atoms with Gasteiger partial charge in [0.05, 0.1) is 7.11 Å². The van der Waals surface area contributed by atoms with Crippen molar-refractivity contribution in [3.63, 3.8) is 0 Å². The Hall–Kier alpha value is -2.33. The van der Waals surface area contributed by atoms with Gasteiger partial charge in [-0.25, -0.2) is 0 Å². The molecule has 0 aromatic heterocycles. The van der Waals surface area contributed by atoms with E-state index in [1.165, 1.54) is 11.1 Å². The van der Waals surface area contributed by atoms with Crippen LogP contribution in [0.3, 0.4) is 0 Å². The standard InChI is InChI=1S/C17H18N2O2/c1-21-14-7-5-13(6-8-14)17(20)19-16-4-2-3-12-9-10-18-11-15(12)16/h2-8,18H,9-11H2,1H3,(H,19,20). The number of nitrogens with one attached hydrogen (secondary N) is 2. The summed E-state index contributed by atoms with van der Waals surface area (Å²) in [5, 5.41) is 6.35. The predicted octanol–water partition coefficient (Wildman–Crippen LogP) is 2.59. The summed E-state index contributed by atoms with van der Waals surface area (Å²) in [5.41, 5.74) is 4.00. The topological polar surface area (TPSA) is 50.4 Å². The van der Waals surface area contributed by atoms with Crippen LogP contribution in [0.2, 0.25) is 0 Å². The highest BCUT2D eigenvalue weighted by atomic mass is 16.5. The average molecular weight is 282 g/mol. The molecule has 3 rings (SSSR count). The summed E-state index contributed by atoms with van der Waals surface area (Å²) in [5.74, 6) is 0.643. The minimum Gasteiger partial charge on any atom is -0.497 e. The van der Waals surface area contributed by atoms with Crippen molar-refractivity contribution in [1.82, 2.24) is 5.32 Å². The Balaban J connectivity index is 1.81. The van der Waals surface area contributed by atoms with Gasteiger partial charge < -0.3 is 15.4 Å². The van der Waals surface area contributed by atoms with Crippen LogP contribution in [0.15, 0.2) is 42.5 Å². The molecule has 0 radical (unpaired) electrons. The summed E-state index contributed by atoms with van der Waals surface area (Å²) in [6.07, 6.45) is 1.00. The number of hydrogen-bond donors (Lipinski definition) is 2. The Labute approximate surface area is 124 Å². The molecule has 2 aromatic rings. The summed E-state index contributed by atoms with van der Waals surface area (Å²) >= 11 is 0. The number of fused-ring (bicyclic) bond motifs is 1. The molecule has 0 atom stereocenters. The number of methoxy groups -OCH3 is 1. The molecule has 2 aromatic carbocycles. The van der Waals surface area contributed by atoms with Gasteiger partial charge in [0.1, 0.15) is 5.75 Å².